The van der Waals surface area contributed by atoms with E-state index in [2.05, 4.69) is 59.9 Å². The fraction of sp³-hybridized carbons (Fsp3) is 0.750. The van der Waals surface area contributed by atoms with E-state index in [-0.39, 0.29) is 0 Å². The van der Waals surface area contributed by atoms with Crippen LogP contribution in [0.5, 0.6) is 0 Å². The second-order valence-corrected chi connectivity index (χ2v) is 14.6. The number of carbonyl (C=O) groups excluding carboxylic acids is 2. The number of methoxy groups -OCH3 is 2. The highest BCUT2D eigenvalue weighted by Crippen LogP contribution is 2.56. The molecule has 0 spiro atoms. The van der Waals surface area contributed by atoms with Crippen molar-refractivity contribution in [3.05, 3.63) is 11.1 Å². The van der Waals surface area contributed by atoms with E-state index < -0.39 is 25.4 Å². The third kappa shape index (κ3) is 4.63. The van der Waals surface area contributed by atoms with Crippen molar-refractivity contribution in [1.29, 1.82) is 0 Å². The molecule has 1 rings (SSSR count). The molecule has 0 atom stereocenters. The Morgan fingerprint density at radius 3 is 1.76 bits per heavy atom. The van der Waals surface area contributed by atoms with Gasteiger partial charge in [-0.3, -0.25) is 9.59 Å². The van der Waals surface area contributed by atoms with E-state index in [9.17, 15) is 9.59 Å². The minimum absolute atomic E-state index is 0.480. The molecule has 0 saturated heterocycles. The summed E-state index contributed by atoms with van der Waals surface area (Å²) in [6, 6.07) is 0. The largest absolute Gasteiger partial charge is 0.468 e. The summed E-state index contributed by atoms with van der Waals surface area (Å²) in [6.07, 6.45) is 4.97. The Hall–Kier alpha value is -1.54. The maximum absolute atomic E-state index is 12.7. The van der Waals surface area contributed by atoms with Gasteiger partial charge in [0.2, 0.25) is 5.41 Å². The third-order valence-electron chi connectivity index (χ3n) is 6.60. The Kier molecular flexibility index (Phi) is 9.21. The third-order valence-corrected chi connectivity index (χ3v) is 12.9. The first-order valence-electron chi connectivity index (χ1n) is 11.0. The van der Waals surface area contributed by atoms with Crippen molar-refractivity contribution in [3.63, 3.8) is 0 Å². The summed E-state index contributed by atoms with van der Waals surface area (Å²) >= 11 is 0. The Morgan fingerprint density at radius 1 is 0.897 bits per heavy atom. The van der Waals surface area contributed by atoms with Crippen molar-refractivity contribution in [3.8, 4) is 11.5 Å². The quantitative estimate of drug-likeness (QED) is 0.147. The van der Waals surface area contributed by atoms with E-state index in [4.69, 9.17) is 9.47 Å². The number of esters is 2. The molecular formula is C24H40O4Si. The molecule has 0 bridgehead atoms. The lowest BCUT2D eigenvalue weighted by molar-refractivity contribution is -0.160. The van der Waals surface area contributed by atoms with Crippen LogP contribution in [0.2, 0.25) is 16.6 Å². The monoisotopic (exact) mass is 420 g/mol. The number of hydrogen-bond acceptors (Lipinski definition) is 4. The molecule has 0 radical (unpaired) electrons. The summed E-state index contributed by atoms with van der Waals surface area (Å²) in [6.45, 7) is 15.7. The lowest BCUT2D eigenvalue weighted by Gasteiger charge is -2.38. The highest BCUT2D eigenvalue weighted by atomic mass is 28.3. The Balaban J connectivity index is 3.44. The molecule has 0 aromatic heterocycles. The first kappa shape index (κ1) is 25.5. The molecule has 0 heterocycles. The SMILES string of the molecule is CCCCCCC1=C(C#C[Si](C(C)C)(C(C)C)C(C)C)C1(C(=O)OC)C(=O)OC. The van der Waals surface area contributed by atoms with Gasteiger partial charge in [-0.1, -0.05) is 73.6 Å². The van der Waals surface area contributed by atoms with E-state index in [1.54, 1.807) is 0 Å². The van der Waals surface area contributed by atoms with Gasteiger partial charge < -0.3 is 9.47 Å². The van der Waals surface area contributed by atoms with Crippen molar-refractivity contribution in [2.75, 3.05) is 14.2 Å². The summed E-state index contributed by atoms with van der Waals surface area (Å²) in [5.74, 6) is 2.21. The molecule has 164 valence electrons. The number of ether oxygens (including phenoxy) is 2. The summed E-state index contributed by atoms with van der Waals surface area (Å²) in [7, 11) is 0.664. The average Bonchev–Trinajstić information content (AvgIpc) is 3.31. The maximum atomic E-state index is 12.7. The fourth-order valence-corrected chi connectivity index (χ4v) is 10.2. The molecule has 1 aliphatic carbocycles. The van der Waals surface area contributed by atoms with Crippen molar-refractivity contribution in [1.82, 2.24) is 0 Å². The number of hydrogen-bond donors (Lipinski definition) is 0. The molecule has 0 aromatic carbocycles. The molecule has 29 heavy (non-hydrogen) atoms. The van der Waals surface area contributed by atoms with Crippen LogP contribution in [0.25, 0.3) is 0 Å². The predicted octanol–water partition coefficient (Wildman–Crippen LogP) is 5.82. The van der Waals surface area contributed by atoms with Crippen LogP contribution in [0, 0.1) is 16.9 Å². The fourth-order valence-electron chi connectivity index (χ4n) is 4.99. The number of unbranched alkanes of at least 4 members (excludes halogenated alkanes) is 3. The first-order valence-corrected chi connectivity index (χ1v) is 13.3. The standard InChI is InChI=1S/C24H40O4Si/c1-10-11-12-13-14-20-21(24(20,22(25)27-8)23(26)28-9)15-16-29(17(2)3,18(4)5)19(6)7/h17-19H,10-14H2,1-9H3. The predicted molar refractivity (Wildman–Crippen MR) is 121 cm³/mol. The van der Waals surface area contributed by atoms with Gasteiger partial charge in [0, 0.05) is 5.57 Å². The second-order valence-electron chi connectivity index (χ2n) is 9.04. The summed E-state index contributed by atoms with van der Waals surface area (Å²) in [5.41, 5.74) is 5.12. The van der Waals surface area contributed by atoms with Crippen LogP contribution in [0.4, 0.5) is 0 Å². The van der Waals surface area contributed by atoms with Gasteiger partial charge in [0.1, 0.15) is 8.07 Å². The van der Waals surface area contributed by atoms with Crippen LogP contribution < -0.4 is 0 Å². The Morgan fingerprint density at radius 2 is 1.38 bits per heavy atom. The molecule has 4 nitrogen and oxygen atoms in total. The Bertz CT molecular complexity index is 654. The molecule has 0 aliphatic heterocycles. The number of rotatable bonds is 10. The first-order chi connectivity index (χ1) is 13.6. The van der Waals surface area contributed by atoms with Gasteiger partial charge in [0.25, 0.3) is 0 Å². The molecule has 5 heteroatoms. The van der Waals surface area contributed by atoms with Gasteiger partial charge in [0.15, 0.2) is 0 Å². The molecule has 0 unspecified atom stereocenters. The van der Waals surface area contributed by atoms with E-state index >= 15 is 0 Å². The van der Waals surface area contributed by atoms with Crippen molar-refractivity contribution >= 4 is 20.0 Å². The highest BCUT2D eigenvalue weighted by molar-refractivity contribution is 6.90. The summed E-state index contributed by atoms with van der Waals surface area (Å²) in [5, 5.41) is 0. The zero-order valence-corrected chi connectivity index (χ0v) is 20.9. The minimum Gasteiger partial charge on any atom is -0.468 e. The van der Waals surface area contributed by atoms with Crippen LogP contribution in [-0.2, 0) is 19.1 Å². The van der Waals surface area contributed by atoms with E-state index in [1.807, 2.05) is 0 Å². The van der Waals surface area contributed by atoms with Crippen LogP contribution in [0.1, 0.15) is 80.6 Å². The smallest absolute Gasteiger partial charge is 0.332 e. The van der Waals surface area contributed by atoms with Crippen molar-refractivity contribution in [2.45, 2.75) is 97.2 Å². The van der Waals surface area contributed by atoms with Gasteiger partial charge in [-0.05, 0) is 35.0 Å². The minimum atomic E-state index is -1.98. The van der Waals surface area contributed by atoms with Crippen molar-refractivity contribution in [2.24, 2.45) is 5.41 Å². The molecule has 0 amide bonds. The van der Waals surface area contributed by atoms with E-state index in [1.165, 1.54) is 14.2 Å². The molecular weight excluding hydrogens is 380 g/mol. The van der Waals surface area contributed by atoms with E-state index in [0.29, 0.717) is 28.6 Å². The lowest BCUT2D eigenvalue weighted by Crippen LogP contribution is -2.43. The lowest BCUT2D eigenvalue weighted by atomic mass is 9.95. The molecule has 0 saturated carbocycles. The van der Waals surface area contributed by atoms with Crippen LogP contribution in [-0.4, -0.2) is 34.2 Å². The van der Waals surface area contributed by atoms with Crippen molar-refractivity contribution < 1.29 is 19.1 Å². The zero-order valence-electron chi connectivity index (χ0n) is 19.9. The molecule has 0 aromatic rings. The molecule has 0 N–H and O–H groups in total. The average molecular weight is 421 g/mol. The van der Waals surface area contributed by atoms with E-state index in [0.717, 1.165) is 31.3 Å². The molecule has 1 aliphatic rings. The van der Waals surface area contributed by atoms with Gasteiger partial charge in [-0.25, -0.2) is 0 Å². The number of carbonyl (C=O) groups is 2. The van der Waals surface area contributed by atoms with Gasteiger partial charge in [-0.15, -0.1) is 5.54 Å². The highest BCUT2D eigenvalue weighted by Gasteiger charge is 2.66. The van der Waals surface area contributed by atoms with Crippen LogP contribution >= 0.6 is 0 Å². The Labute approximate surface area is 178 Å². The zero-order chi connectivity index (χ0) is 22.4. The van der Waals surface area contributed by atoms with Crippen LogP contribution in [0.3, 0.4) is 0 Å². The second kappa shape index (κ2) is 10.5. The topological polar surface area (TPSA) is 52.6 Å². The van der Waals surface area contributed by atoms with Gasteiger partial charge >= 0.3 is 11.9 Å². The van der Waals surface area contributed by atoms with Gasteiger partial charge in [-0.2, -0.15) is 0 Å². The molecule has 0 fully saturated rings. The van der Waals surface area contributed by atoms with Gasteiger partial charge in [0.05, 0.1) is 14.2 Å². The summed E-state index contributed by atoms with van der Waals surface area (Å²) < 4.78 is 10.0. The normalized spacial score (nSPS) is 15.4. The maximum Gasteiger partial charge on any atom is 0.332 e. The summed E-state index contributed by atoms with van der Waals surface area (Å²) in [4.78, 5) is 25.4. The van der Waals surface area contributed by atoms with Crippen LogP contribution in [0.15, 0.2) is 11.1 Å².